The van der Waals surface area contributed by atoms with E-state index in [0.717, 1.165) is 35.5 Å². The van der Waals surface area contributed by atoms with E-state index < -0.39 is 0 Å². The molecule has 0 aromatic heterocycles. The number of fused-ring (bicyclic) bond motifs is 4. The fraction of sp³-hybridized carbons (Fsp3) is 0.167. The lowest BCUT2D eigenvalue weighted by Crippen LogP contribution is -2.27. The van der Waals surface area contributed by atoms with Crippen LogP contribution >= 0.6 is 0 Å². The molecular weight excluding hydrogens is 316 g/mol. The number of allylic oxidation sites excluding steroid dienone is 2. The number of nitrogens with zero attached hydrogens (tertiary/aromatic N) is 2. The molecule has 0 bridgehead atoms. The van der Waals surface area contributed by atoms with Crippen LogP contribution < -0.4 is 0 Å². The van der Waals surface area contributed by atoms with Gasteiger partial charge in [0, 0.05) is 17.0 Å². The first-order valence-electron chi connectivity index (χ1n) is 9.00. The van der Waals surface area contributed by atoms with E-state index in [4.69, 9.17) is 9.98 Å². The smallest absolute Gasteiger partial charge is 0.0989 e. The van der Waals surface area contributed by atoms with Crippen molar-refractivity contribution in [1.82, 2.24) is 0 Å². The Morgan fingerprint density at radius 3 is 2.35 bits per heavy atom. The molecule has 0 saturated heterocycles. The van der Waals surface area contributed by atoms with Crippen molar-refractivity contribution in [1.29, 1.82) is 0 Å². The molecule has 26 heavy (non-hydrogen) atoms. The third kappa shape index (κ3) is 2.68. The predicted octanol–water partition coefficient (Wildman–Crippen LogP) is 5.26. The largest absolute Gasteiger partial charge is 0.274 e. The van der Waals surface area contributed by atoms with Gasteiger partial charge in [0.15, 0.2) is 0 Å². The number of hydrogen-bond donors (Lipinski definition) is 0. The van der Waals surface area contributed by atoms with Crippen LogP contribution in [0.5, 0.6) is 0 Å². The quantitative estimate of drug-likeness (QED) is 0.713. The second-order valence-electron chi connectivity index (χ2n) is 6.75. The summed E-state index contributed by atoms with van der Waals surface area (Å²) < 4.78 is 0. The highest BCUT2D eigenvalue weighted by Crippen LogP contribution is 2.38. The highest BCUT2D eigenvalue weighted by atomic mass is 14.9. The summed E-state index contributed by atoms with van der Waals surface area (Å²) in [6, 6.07) is 16.9. The van der Waals surface area contributed by atoms with Crippen molar-refractivity contribution >= 4 is 11.4 Å². The first-order valence-corrected chi connectivity index (χ1v) is 9.00. The van der Waals surface area contributed by atoms with Crippen molar-refractivity contribution in [3.8, 4) is 0 Å². The zero-order valence-electron chi connectivity index (χ0n) is 14.9. The summed E-state index contributed by atoms with van der Waals surface area (Å²) in [5.41, 5.74) is 7.53. The molecule has 0 N–H and O–H groups in total. The monoisotopic (exact) mass is 338 g/mol. The molecule has 2 aromatic rings. The SMILES string of the molecule is C=CC1=NC(=C)C2N=C(C=C)c3ccccc3C2CCc2ccccc21. The Balaban J connectivity index is 1.89. The minimum Gasteiger partial charge on any atom is -0.274 e. The molecule has 2 nitrogen and oxygen atoms in total. The number of aliphatic imine (C=N–C) groups is 2. The van der Waals surface area contributed by atoms with Gasteiger partial charge < -0.3 is 0 Å². The van der Waals surface area contributed by atoms with Crippen LogP contribution in [0.3, 0.4) is 0 Å². The van der Waals surface area contributed by atoms with Crippen molar-refractivity contribution in [3.05, 3.63) is 108 Å². The third-order valence-electron chi connectivity index (χ3n) is 5.31. The Bertz CT molecular complexity index is 962. The maximum atomic E-state index is 4.98. The Kier molecular flexibility index (Phi) is 4.26. The maximum Gasteiger partial charge on any atom is 0.0989 e. The minimum atomic E-state index is -0.0674. The Labute approximate surface area is 155 Å². The molecule has 0 amide bonds. The van der Waals surface area contributed by atoms with Gasteiger partial charge in [-0.3, -0.25) is 9.98 Å². The molecule has 0 saturated carbocycles. The zero-order chi connectivity index (χ0) is 18.1. The van der Waals surface area contributed by atoms with E-state index in [-0.39, 0.29) is 12.0 Å². The van der Waals surface area contributed by atoms with Gasteiger partial charge >= 0.3 is 0 Å². The summed E-state index contributed by atoms with van der Waals surface area (Å²) in [5.74, 6) is 0.267. The van der Waals surface area contributed by atoms with Crippen molar-refractivity contribution in [2.45, 2.75) is 24.8 Å². The summed E-state index contributed by atoms with van der Waals surface area (Å²) in [7, 11) is 0. The molecule has 2 unspecified atom stereocenters. The molecule has 128 valence electrons. The second kappa shape index (κ2) is 6.72. The lowest BCUT2D eigenvalue weighted by atomic mass is 9.79. The minimum absolute atomic E-state index is 0.0674. The van der Waals surface area contributed by atoms with Crippen LogP contribution in [0, 0.1) is 0 Å². The first kappa shape index (κ1) is 16.5. The molecule has 4 rings (SSSR count). The number of hydrogen-bond acceptors (Lipinski definition) is 2. The van der Waals surface area contributed by atoms with Crippen LogP contribution in [0.2, 0.25) is 0 Å². The van der Waals surface area contributed by atoms with Crippen molar-refractivity contribution in [2.75, 3.05) is 0 Å². The van der Waals surface area contributed by atoms with Gasteiger partial charge in [0.25, 0.3) is 0 Å². The molecule has 0 spiro atoms. The van der Waals surface area contributed by atoms with Gasteiger partial charge in [-0.15, -0.1) is 0 Å². The lowest BCUT2D eigenvalue weighted by molar-refractivity contribution is 0.541. The van der Waals surface area contributed by atoms with E-state index in [2.05, 4.69) is 68.3 Å². The van der Waals surface area contributed by atoms with Gasteiger partial charge in [0.05, 0.1) is 23.2 Å². The molecule has 2 heterocycles. The summed E-state index contributed by atoms with van der Waals surface area (Å²) in [6.45, 7) is 12.2. The van der Waals surface area contributed by atoms with Crippen molar-refractivity contribution in [3.63, 3.8) is 0 Å². The molecule has 0 aliphatic carbocycles. The summed E-state index contributed by atoms with van der Waals surface area (Å²) in [4.78, 5) is 9.82. The van der Waals surface area contributed by atoms with E-state index in [0.29, 0.717) is 0 Å². The molecule has 2 atom stereocenters. The topological polar surface area (TPSA) is 24.7 Å². The van der Waals surface area contributed by atoms with Crippen molar-refractivity contribution < 1.29 is 0 Å². The average Bonchev–Trinajstić information content (AvgIpc) is 2.75. The van der Waals surface area contributed by atoms with Gasteiger partial charge in [0.2, 0.25) is 0 Å². The third-order valence-corrected chi connectivity index (χ3v) is 5.31. The van der Waals surface area contributed by atoms with Gasteiger partial charge in [-0.2, -0.15) is 0 Å². The molecule has 0 fully saturated rings. The Morgan fingerprint density at radius 1 is 0.885 bits per heavy atom. The van der Waals surface area contributed by atoms with E-state index in [1.165, 1.54) is 16.7 Å². The molecule has 2 aliphatic rings. The lowest BCUT2D eigenvalue weighted by Gasteiger charge is -2.31. The standard InChI is InChI=1S/C24H22N2/c1-4-22-18-11-7-6-10-17(18)14-15-21-19-12-8-9-13-20(19)23(5-2)26-24(21)16(3)25-22/h4-13,21,24H,1-3,14-15H2. The highest BCUT2D eigenvalue weighted by molar-refractivity contribution is 6.11. The van der Waals surface area contributed by atoms with E-state index in [1.54, 1.807) is 0 Å². The zero-order valence-corrected chi connectivity index (χ0v) is 14.9. The fourth-order valence-electron chi connectivity index (χ4n) is 4.05. The second-order valence-corrected chi connectivity index (χ2v) is 6.75. The van der Waals surface area contributed by atoms with Crippen LogP contribution in [-0.4, -0.2) is 17.5 Å². The highest BCUT2D eigenvalue weighted by Gasteiger charge is 2.32. The van der Waals surface area contributed by atoms with Crippen LogP contribution in [0.15, 0.2) is 96.1 Å². The number of rotatable bonds is 2. The van der Waals surface area contributed by atoms with Crippen LogP contribution in [-0.2, 0) is 6.42 Å². The maximum absolute atomic E-state index is 4.98. The van der Waals surface area contributed by atoms with E-state index in [9.17, 15) is 0 Å². The first-order chi connectivity index (χ1) is 12.7. The Morgan fingerprint density at radius 2 is 1.58 bits per heavy atom. The van der Waals surface area contributed by atoms with E-state index >= 15 is 0 Å². The van der Waals surface area contributed by atoms with Crippen LogP contribution in [0.1, 0.15) is 34.6 Å². The van der Waals surface area contributed by atoms with Gasteiger partial charge in [-0.25, -0.2) is 0 Å². The average molecular weight is 338 g/mol. The molecule has 0 radical (unpaired) electrons. The number of benzene rings is 2. The molecule has 2 aromatic carbocycles. The van der Waals surface area contributed by atoms with Gasteiger partial charge in [0.1, 0.15) is 0 Å². The molecular formula is C24H22N2. The number of aryl methyl sites for hydroxylation is 1. The fourth-order valence-corrected chi connectivity index (χ4v) is 4.05. The van der Waals surface area contributed by atoms with E-state index in [1.807, 2.05) is 12.2 Å². The van der Waals surface area contributed by atoms with Gasteiger partial charge in [-0.1, -0.05) is 68.3 Å². The summed E-state index contributed by atoms with van der Waals surface area (Å²) >= 11 is 0. The van der Waals surface area contributed by atoms with Crippen LogP contribution in [0.4, 0.5) is 0 Å². The predicted molar refractivity (Wildman–Crippen MR) is 110 cm³/mol. The normalized spacial score (nSPS) is 21.6. The molecule has 2 heteroatoms. The summed E-state index contributed by atoms with van der Waals surface area (Å²) in [5, 5.41) is 0. The van der Waals surface area contributed by atoms with Crippen molar-refractivity contribution in [2.24, 2.45) is 9.98 Å². The summed E-state index contributed by atoms with van der Waals surface area (Å²) in [6.07, 6.45) is 5.64. The molecule has 2 aliphatic heterocycles. The van der Waals surface area contributed by atoms with Crippen LogP contribution in [0.25, 0.3) is 0 Å². The van der Waals surface area contributed by atoms with Gasteiger partial charge in [-0.05, 0) is 36.1 Å². The Hall–Kier alpha value is -3.00.